The van der Waals surface area contributed by atoms with Gasteiger partial charge in [-0.05, 0) is 0 Å². The Balaban J connectivity index is 1.66. The summed E-state index contributed by atoms with van der Waals surface area (Å²) in [5.41, 5.74) is 0.985. The summed E-state index contributed by atoms with van der Waals surface area (Å²) in [7, 11) is 3.30. The second-order valence-corrected chi connectivity index (χ2v) is 7.46. The minimum absolute atomic E-state index is 0.330. The summed E-state index contributed by atoms with van der Waals surface area (Å²) in [5, 5.41) is 5.67. The average molecular weight is 367 g/mol. The standard InChI is InChI=1S/C17H24N2O2Se/c1-20-17(21-2)16-11-12-18-19(16)13-7-4-8-14-22-15-9-5-3-6-10-15/h3,5-6,9-12,17H,4,7-8,13-14H2,1-2H3. The van der Waals surface area contributed by atoms with Gasteiger partial charge in [0.1, 0.15) is 0 Å². The van der Waals surface area contributed by atoms with E-state index in [9.17, 15) is 0 Å². The monoisotopic (exact) mass is 368 g/mol. The van der Waals surface area contributed by atoms with E-state index >= 15 is 0 Å². The van der Waals surface area contributed by atoms with Gasteiger partial charge in [-0.3, -0.25) is 0 Å². The SMILES string of the molecule is COC(OC)c1ccnn1CCCCC[Se]c1ccccc1. The molecule has 0 saturated carbocycles. The van der Waals surface area contributed by atoms with Crippen molar-refractivity contribution in [2.45, 2.75) is 37.4 Å². The zero-order chi connectivity index (χ0) is 15.6. The predicted octanol–water partition coefficient (Wildman–Crippen LogP) is 2.79. The van der Waals surface area contributed by atoms with Crippen LogP contribution < -0.4 is 4.46 Å². The van der Waals surface area contributed by atoms with Crippen molar-refractivity contribution in [1.29, 1.82) is 0 Å². The number of ether oxygens (including phenoxy) is 2. The average Bonchev–Trinajstić information content (AvgIpc) is 3.01. The van der Waals surface area contributed by atoms with Gasteiger partial charge >= 0.3 is 139 Å². The third-order valence-electron chi connectivity index (χ3n) is 3.45. The number of benzene rings is 1. The van der Waals surface area contributed by atoms with E-state index in [-0.39, 0.29) is 6.29 Å². The number of aryl methyl sites for hydroxylation is 1. The van der Waals surface area contributed by atoms with Crippen LogP contribution in [0, 0.1) is 0 Å². The third kappa shape index (κ3) is 5.25. The molecule has 1 heterocycles. The Bertz CT molecular complexity index is 526. The van der Waals surface area contributed by atoms with Crippen molar-refractivity contribution >= 4 is 19.4 Å². The van der Waals surface area contributed by atoms with Crippen molar-refractivity contribution in [2.24, 2.45) is 0 Å². The summed E-state index contributed by atoms with van der Waals surface area (Å²) in [6, 6.07) is 12.7. The topological polar surface area (TPSA) is 36.3 Å². The zero-order valence-corrected chi connectivity index (χ0v) is 15.0. The molecule has 1 aromatic heterocycles. The molecular formula is C17H24N2O2Se. The molecule has 0 spiro atoms. The van der Waals surface area contributed by atoms with Gasteiger partial charge in [-0.2, -0.15) is 0 Å². The maximum absolute atomic E-state index is 5.30. The van der Waals surface area contributed by atoms with E-state index in [1.54, 1.807) is 20.4 Å². The molecule has 2 rings (SSSR count). The second-order valence-electron chi connectivity index (χ2n) is 5.00. The van der Waals surface area contributed by atoms with Crippen LogP contribution in [0.1, 0.15) is 31.2 Å². The fraction of sp³-hybridized carbons (Fsp3) is 0.471. The minimum atomic E-state index is -0.330. The predicted molar refractivity (Wildman–Crippen MR) is 89.5 cm³/mol. The molecule has 0 amide bonds. The molecule has 22 heavy (non-hydrogen) atoms. The molecule has 120 valence electrons. The first-order valence-corrected chi connectivity index (χ1v) is 9.67. The van der Waals surface area contributed by atoms with E-state index in [0.29, 0.717) is 15.0 Å². The Hall–Kier alpha value is -1.13. The molecule has 4 nitrogen and oxygen atoms in total. The Kier molecular flexibility index (Phi) is 7.67. The van der Waals surface area contributed by atoms with Gasteiger partial charge in [-0.25, -0.2) is 0 Å². The van der Waals surface area contributed by atoms with Gasteiger partial charge in [0, 0.05) is 0 Å². The van der Waals surface area contributed by atoms with Crippen LogP contribution in [0.2, 0.25) is 5.32 Å². The van der Waals surface area contributed by atoms with Crippen molar-refractivity contribution in [2.75, 3.05) is 14.2 Å². The quantitative estimate of drug-likeness (QED) is 0.368. The van der Waals surface area contributed by atoms with E-state index in [1.165, 1.54) is 22.6 Å². The van der Waals surface area contributed by atoms with E-state index in [4.69, 9.17) is 9.47 Å². The number of nitrogens with zero attached hydrogens (tertiary/aromatic N) is 2. The van der Waals surface area contributed by atoms with Crippen LogP contribution in [-0.2, 0) is 16.0 Å². The molecular weight excluding hydrogens is 343 g/mol. The van der Waals surface area contributed by atoms with Crippen LogP contribution in [0.5, 0.6) is 0 Å². The van der Waals surface area contributed by atoms with Crippen molar-refractivity contribution in [3.8, 4) is 0 Å². The van der Waals surface area contributed by atoms with Gasteiger partial charge < -0.3 is 0 Å². The number of hydrogen-bond donors (Lipinski definition) is 0. The van der Waals surface area contributed by atoms with Crippen LogP contribution in [0.4, 0.5) is 0 Å². The number of unbranched alkanes of at least 4 members (excludes halogenated alkanes) is 2. The van der Waals surface area contributed by atoms with E-state index in [0.717, 1.165) is 18.7 Å². The first kappa shape index (κ1) is 17.2. The molecule has 0 unspecified atom stereocenters. The first-order chi connectivity index (χ1) is 10.8. The van der Waals surface area contributed by atoms with Crippen LogP contribution in [0.25, 0.3) is 0 Å². The normalized spacial score (nSPS) is 11.2. The molecule has 0 fully saturated rings. The molecule has 2 aromatic rings. The number of hydrogen-bond acceptors (Lipinski definition) is 3. The number of aromatic nitrogens is 2. The van der Waals surface area contributed by atoms with Gasteiger partial charge in [0.05, 0.1) is 0 Å². The molecule has 0 atom stereocenters. The van der Waals surface area contributed by atoms with Crippen LogP contribution in [-0.4, -0.2) is 39.0 Å². The van der Waals surface area contributed by atoms with Crippen LogP contribution in [0.15, 0.2) is 42.6 Å². The van der Waals surface area contributed by atoms with Gasteiger partial charge in [0.2, 0.25) is 0 Å². The molecule has 0 aliphatic heterocycles. The summed E-state index contributed by atoms with van der Waals surface area (Å²) >= 11 is 0.606. The summed E-state index contributed by atoms with van der Waals surface area (Å²) in [6.45, 7) is 0.921. The van der Waals surface area contributed by atoms with Crippen molar-refractivity contribution < 1.29 is 9.47 Å². The van der Waals surface area contributed by atoms with Gasteiger partial charge in [-0.1, -0.05) is 0 Å². The van der Waals surface area contributed by atoms with Gasteiger partial charge in [0.25, 0.3) is 0 Å². The van der Waals surface area contributed by atoms with Gasteiger partial charge in [0.15, 0.2) is 0 Å². The Morgan fingerprint density at radius 3 is 2.55 bits per heavy atom. The van der Waals surface area contributed by atoms with Gasteiger partial charge in [-0.15, -0.1) is 0 Å². The van der Waals surface area contributed by atoms with E-state index in [1.807, 2.05) is 10.7 Å². The third-order valence-corrected chi connectivity index (χ3v) is 5.75. The van der Waals surface area contributed by atoms with E-state index < -0.39 is 0 Å². The Morgan fingerprint density at radius 1 is 1.05 bits per heavy atom. The molecule has 0 aliphatic rings. The molecule has 5 heteroatoms. The summed E-state index contributed by atoms with van der Waals surface area (Å²) < 4.78 is 14.1. The van der Waals surface area contributed by atoms with Crippen molar-refractivity contribution in [1.82, 2.24) is 9.78 Å². The van der Waals surface area contributed by atoms with E-state index in [2.05, 4.69) is 35.4 Å². The fourth-order valence-corrected chi connectivity index (χ4v) is 4.27. The summed E-state index contributed by atoms with van der Waals surface area (Å²) in [5.74, 6) is 0. The Labute approximate surface area is 139 Å². The second kappa shape index (κ2) is 9.80. The molecule has 1 aromatic carbocycles. The molecule has 0 aliphatic carbocycles. The summed E-state index contributed by atoms with van der Waals surface area (Å²) in [6.07, 6.45) is 5.13. The molecule has 0 bridgehead atoms. The molecule has 0 saturated heterocycles. The first-order valence-electron chi connectivity index (χ1n) is 7.60. The molecule has 0 N–H and O–H groups in total. The molecule has 0 radical (unpaired) electrons. The fourth-order valence-electron chi connectivity index (χ4n) is 2.31. The number of rotatable bonds is 10. The number of methoxy groups -OCH3 is 2. The van der Waals surface area contributed by atoms with Crippen molar-refractivity contribution in [3.63, 3.8) is 0 Å². The zero-order valence-electron chi connectivity index (χ0n) is 13.3. The Morgan fingerprint density at radius 2 is 1.82 bits per heavy atom. The van der Waals surface area contributed by atoms with Crippen LogP contribution in [0.3, 0.4) is 0 Å². The maximum atomic E-state index is 5.30. The summed E-state index contributed by atoms with van der Waals surface area (Å²) in [4.78, 5) is 0. The van der Waals surface area contributed by atoms with Crippen LogP contribution >= 0.6 is 0 Å². The van der Waals surface area contributed by atoms with Crippen molar-refractivity contribution in [3.05, 3.63) is 48.3 Å².